The molecule has 0 bridgehead atoms. The van der Waals surface area contributed by atoms with Gasteiger partial charge in [0.2, 0.25) is 29.4 Å². The van der Waals surface area contributed by atoms with Gasteiger partial charge in [0.15, 0.2) is 0 Å². The summed E-state index contributed by atoms with van der Waals surface area (Å²) in [6.07, 6.45) is 2.14. The number of amides is 5. The smallest absolute Gasteiger partial charge is 0.290 e. The van der Waals surface area contributed by atoms with Crippen molar-refractivity contribution in [1.29, 1.82) is 0 Å². The number of fused-ring (bicyclic) bond motifs is 1. The molecule has 1 aromatic carbocycles. The second-order valence-electron chi connectivity index (χ2n) is 12.0. The number of piperidine rings is 1. The molecule has 4 rings (SSSR count). The summed E-state index contributed by atoms with van der Waals surface area (Å²) in [5, 5.41) is 7.72. The Hall–Kier alpha value is -3.76. The molecule has 11 nitrogen and oxygen atoms in total. The maximum Gasteiger partial charge on any atom is 0.290 e. The molecule has 0 spiro atoms. The SMILES string of the molecule is CC(=O)N1CC2C([C@H]1C(=O)NC(CC1CC1)C(=O)C(=O)NCC(=O)N[C@H](C(=O)N(C)C)c1ccccc1)C2(C)C. The van der Waals surface area contributed by atoms with E-state index in [1.165, 1.54) is 11.8 Å². The molecular weight excluding hydrogens is 514 g/mol. The second kappa shape index (κ2) is 11.4. The Labute approximate surface area is 234 Å². The normalized spacial score (nSPS) is 23.7. The van der Waals surface area contributed by atoms with Crippen LogP contribution in [-0.2, 0) is 28.8 Å². The summed E-state index contributed by atoms with van der Waals surface area (Å²) < 4.78 is 0. The van der Waals surface area contributed by atoms with Gasteiger partial charge in [-0.3, -0.25) is 28.8 Å². The Morgan fingerprint density at radius 3 is 2.25 bits per heavy atom. The maximum absolute atomic E-state index is 13.4. The predicted octanol–water partition coefficient (Wildman–Crippen LogP) is 0.405. The average Bonchev–Trinajstić information content (AvgIpc) is 3.76. The summed E-state index contributed by atoms with van der Waals surface area (Å²) in [6.45, 7) is 5.55. The molecule has 1 heterocycles. The van der Waals surface area contributed by atoms with Gasteiger partial charge in [-0.15, -0.1) is 0 Å². The van der Waals surface area contributed by atoms with Crippen LogP contribution in [0.2, 0.25) is 0 Å². The fourth-order valence-corrected chi connectivity index (χ4v) is 5.90. The molecule has 11 heteroatoms. The van der Waals surface area contributed by atoms with Crippen LogP contribution in [0.4, 0.5) is 0 Å². The molecule has 2 aliphatic carbocycles. The van der Waals surface area contributed by atoms with E-state index >= 15 is 0 Å². The molecular formula is C29H39N5O6. The van der Waals surface area contributed by atoms with Crippen LogP contribution in [0.25, 0.3) is 0 Å². The zero-order valence-electron chi connectivity index (χ0n) is 23.7. The van der Waals surface area contributed by atoms with Crippen molar-refractivity contribution in [2.75, 3.05) is 27.2 Å². The number of carbonyl (C=O) groups is 6. The van der Waals surface area contributed by atoms with Crippen LogP contribution < -0.4 is 16.0 Å². The Bertz CT molecular complexity index is 1190. The molecule has 216 valence electrons. The molecule has 1 saturated heterocycles. The lowest BCUT2D eigenvalue weighted by molar-refractivity contribution is -0.143. The van der Waals surface area contributed by atoms with E-state index in [0.717, 1.165) is 12.8 Å². The zero-order valence-corrected chi connectivity index (χ0v) is 23.7. The molecule has 3 N–H and O–H groups in total. The van der Waals surface area contributed by atoms with Crippen LogP contribution in [-0.4, -0.2) is 84.4 Å². The van der Waals surface area contributed by atoms with Gasteiger partial charge >= 0.3 is 0 Å². The van der Waals surface area contributed by atoms with Crippen LogP contribution in [0.1, 0.15) is 51.6 Å². The highest BCUT2D eigenvalue weighted by atomic mass is 16.2. The number of rotatable bonds is 11. The summed E-state index contributed by atoms with van der Waals surface area (Å²) in [7, 11) is 3.15. The third-order valence-corrected chi connectivity index (χ3v) is 8.54. The highest BCUT2D eigenvalue weighted by Crippen LogP contribution is 2.64. The molecule has 1 aromatic rings. The minimum atomic E-state index is -1.05. The average molecular weight is 554 g/mol. The van der Waals surface area contributed by atoms with Gasteiger partial charge in [0.1, 0.15) is 12.1 Å². The van der Waals surface area contributed by atoms with Crippen molar-refractivity contribution in [3.05, 3.63) is 35.9 Å². The topological polar surface area (TPSA) is 145 Å². The fraction of sp³-hybridized carbons (Fsp3) is 0.586. The van der Waals surface area contributed by atoms with Gasteiger partial charge in [0, 0.05) is 27.6 Å². The summed E-state index contributed by atoms with van der Waals surface area (Å²) >= 11 is 0. The lowest BCUT2D eigenvalue weighted by atomic mass is 9.99. The van der Waals surface area contributed by atoms with E-state index < -0.39 is 48.2 Å². The molecule has 0 radical (unpaired) electrons. The van der Waals surface area contributed by atoms with Crippen LogP contribution in [0, 0.1) is 23.2 Å². The monoisotopic (exact) mass is 553 g/mol. The number of hydrogen-bond acceptors (Lipinski definition) is 6. The molecule has 1 aliphatic heterocycles. The highest BCUT2D eigenvalue weighted by molar-refractivity contribution is 6.38. The number of benzene rings is 1. The minimum absolute atomic E-state index is 0.00744. The maximum atomic E-state index is 13.4. The van der Waals surface area contributed by atoms with E-state index in [1.54, 1.807) is 49.3 Å². The van der Waals surface area contributed by atoms with Crippen LogP contribution >= 0.6 is 0 Å². The van der Waals surface area contributed by atoms with Crippen molar-refractivity contribution in [3.63, 3.8) is 0 Å². The van der Waals surface area contributed by atoms with Crippen molar-refractivity contribution < 1.29 is 28.8 Å². The number of ketones is 1. The van der Waals surface area contributed by atoms with Gasteiger partial charge < -0.3 is 25.8 Å². The van der Waals surface area contributed by atoms with Gasteiger partial charge in [-0.25, -0.2) is 0 Å². The van der Waals surface area contributed by atoms with Crippen molar-refractivity contribution in [1.82, 2.24) is 25.8 Å². The van der Waals surface area contributed by atoms with Crippen LogP contribution in [0.5, 0.6) is 0 Å². The predicted molar refractivity (Wildman–Crippen MR) is 145 cm³/mol. The first kappa shape index (κ1) is 29.2. The quantitative estimate of drug-likeness (QED) is 0.339. The highest BCUT2D eigenvalue weighted by Gasteiger charge is 2.69. The Morgan fingerprint density at radius 2 is 1.68 bits per heavy atom. The first-order valence-corrected chi connectivity index (χ1v) is 13.8. The third-order valence-electron chi connectivity index (χ3n) is 8.54. The number of nitrogens with one attached hydrogen (secondary N) is 3. The molecule has 0 aromatic heterocycles. The van der Waals surface area contributed by atoms with E-state index in [1.807, 2.05) is 0 Å². The second-order valence-corrected chi connectivity index (χ2v) is 12.0. The van der Waals surface area contributed by atoms with Gasteiger partial charge in [-0.2, -0.15) is 0 Å². The van der Waals surface area contributed by atoms with E-state index in [4.69, 9.17) is 0 Å². The number of likely N-dealkylation sites (N-methyl/N-ethyl adjacent to an activating group) is 1. The third kappa shape index (κ3) is 6.18. The Balaban J connectivity index is 1.37. The lowest BCUT2D eigenvalue weighted by Gasteiger charge is -2.30. The number of nitrogens with zero attached hydrogens (tertiary/aromatic N) is 2. The van der Waals surface area contributed by atoms with Gasteiger partial charge in [-0.05, 0) is 35.2 Å². The van der Waals surface area contributed by atoms with E-state index in [2.05, 4.69) is 29.8 Å². The minimum Gasteiger partial charge on any atom is -0.347 e. The number of likely N-dealkylation sites (tertiary alicyclic amines) is 1. The summed E-state index contributed by atoms with van der Waals surface area (Å²) in [6, 6.07) is 6.03. The van der Waals surface area contributed by atoms with Gasteiger partial charge in [-0.1, -0.05) is 57.0 Å². The molecule has 2 saturated carbocycles. The molecule has 5 amide bonds. The number of Topliss-reactive ketones (excluding diaryl/α,β-unsaturated/α-hetero) is 1. The van der Waals surface area contributed by atoms with Crippen LogP contribution in [0.3, 0.4) is 0 Å². The number of hydrogen-bond donors (Lipinski definition) is 3. The lowest BCUT2D eigenvalue weighted by Crippen LogP contribution is -2.55. The van der Waals surface area contributed by atoms with E-state index in [-0.39, 0.29) is 35.0 Å². The van der Waals surface area contributed by atoms with Crippen molar-refractivity contribution in [2.45, 2.75) is 58.2 Å². The van der Waals surface area contributed by atoms with Gasteiger partial charge in [0.05, 0.1) is 12.6 Å². The molecule has 40 heavy (non-hydrogen) atoms. The summed E-state index contributed by atoms with van der Waals surface area (Å²) in [4.78, 5) is 79.8. The largest absolute Gasteiger partial charge is 0.347 e. The summed E-state index contributed by atoms with van der Waals surface area (Å²) in [5.74, 6) is -2.97. The van der Waals surface area contributed by atoms with Crippen molar-refractivity contribution >= 4 is 35.3 Å². The number of carbonyl (C=O) groups excluding carboxylic acids is 6. The molecule has 3 fully saturated rings. The fourth-order valence-electron chi connectivity index (χ4n) is 5.90. The zero-order chi connectivity index (χ0) is 29.4. The van der Waals surface area contributed by atoms with E-state index in [0.29, 0.717) is 18.5 Å². The molecule has 5 atom stereocenters. The standard InChI is InChI=1S/C29H39N5O6/c1-16(35)34-15-19-22(29(19,2)3)24(34)26(38)31-20(13-17-11-12-17)25(37)27(39)30-14-21(36)32-23(28(40)33(4)5)18-9-7-6-8-10-18/h6-10,17,19-20,22-24H,11-15H2,1-5H3,(H,30,39)(H,31,38)(H,32,36)/t19?,20?,22?,23-,24-/m0/s1. The first-order valence-electron chi connectivity index (χ1n) is 13.8. The van der Waals surface area contributed by atoms with Crippen LogP contribution in [0.15, 0.2) is 30.3 Å². The van der Waals surface area contributed by atoms with E-state index in [9.17, 15) is 28.8 Å². The Kier molecular flexibility index (Phi) is 8.32. The van der Waals surface area contributed by atoms with Gasteiger partial charge in [0.25, 0.3) is 5.91 Å². The Morgan fingerprint density at radius 1 is 1.02 bits per heavy atom. The van der Waals surface area contributed by atoms with Crippen molar-refractivity contribution in [3.8, 4) is 0 Å². The molecule has 3 unspecified atom stereocenters. The first-order chi connectivity index (χ1) is 18.8. The van der Waals surface area contributed by atoms with Crippen molar-refractivity contribution in [2.24, 2.45) is 23.2 Å². The summed E-state index contributed by atoms with van der Waals surface area (Å²) in [5.41, 5.74) is 0.511. The molecule has 3 aliphatic rings.